The Morgan fingerprint density at radius 3 is 2.17 bits per heavy atom. The number of carbonyl (C=O) groups is 1. The summed E-state index contributed by atoms with van der Waals surface area (Å²) in [7, 11) is -0.269. The molecule has 1 aliphatic heterocycles. The first kappa shape index (κ1) is 21.9. The molecule has 1 aliphatic rings. The van der Waals surface area contributed by atoms with Crippen molar-refractivity contribution in [3.8, 4) is 0 Å². The highest BCUT2D eigenvalue weighted by atomic mass is 16.7. The molecule has 3 rings (SSSR count). The number of nitrogens with one attached hydrogen (secondary N) is 1. The molecular weight excluding hydrogens is 361 g/mol. The zero-order valence-corrected chi connectivity index (χ0v) is 18.8. The molecule has 1 atom stereocenters. The lowest BCUT2D eigenvalue weighted by atomic mass is 9.80. The molecule has 29 heavy (non-hydrogen) atoms. The molecule has 1 saturated heterocycles. The SMILES string of the molecule is CC(C)(C)C(=O)NC(CCB1OC(C)(C)C(C)(C)O1)c1ccc2ccccc2c1. The van der Waals surface area contributed by atoms with Gasteiger partial charge >= 0.3 is 7.12 Å². The molecule has 0 aromatic heterocycles. The minimum atomic E-state index is -0.445. The van der Waals surface area contributed by atoms with Crippen molar-refractivity contribution in [3.63, 3.8) is 0 Å². The molecule has 0 bridgehead atoms. The number of benzene rings is 2. The van der Waals surface area contributed by atoms with Gasteiger partial charge in [0.2, 0.25) is 5.91 Å². The summed E-state index contributed by atoms with van der Waals surface area (Å²) in [5, 5.41) is 5.63. The van der Waals surface area contributed by atoms with E-state index in [1.54, 1.807) is 0 Å². The Morgan fingerprint density at radius 1 is 1.00 bits per heavy atom. The lowest BCUT2D eigenvalue weighted by Crippen LogP contribution is -2.41. The average molecular weight is 395 g/mol. The van der Waals surface area contributed by atoms with Crippen molar-refractivity contribution in [1.82, 2.24) is 5.32 Å². The molecule has 0 aliphatic carbocycles. The molecule has 4 nitrogen and oxygen atoms in total. The van der Waals surface area contributed by atoms with Crippen LogP contribution in [0.2, 0.25) is 6.32 Å². The number of amides is 1. The van der Waals surface area contributed by atoms with E-state index in [0.717, 1.165) is 18.3 Å². The van der Waals surface area contributed by atoms with Gasteiger partial charge in [-0.2, -0.15) is 0 Å². The first-order valence-electron chi connectivity index (χ1n) is 10.5. The Morgan fingerprint density at radius 2 is 1.59 bits per heavy atom. The normalized spacial score (nSPS) is 19.3. The van der Waals surface area contributed by atoms with Crippen LogP contribution in [0.15, 0.2) is 42.5 Å². The van der Waals surface area contributed by atoms with Crippen molar-refractivity contribution in [3.05, 3.63) is 48.0 Å². The summed E-state index contributed by atoms with van der Waals surface area (Å²) >= 11 is 0. The monoisotopic (exact) mass is 395 g/mol. The van der Waals surface area contributed by atoms with Gasteiger partial charge < -0.3 is 14.6 Å². The highest BCUT2D eigenvalue weighted by Gasteiger charge is 2.50. The zero-order chi connectivity index (χ0) is 21.4. The van der Waals surface area contributed by atoms with Crippen molar-refractivity contribution in [2.75, 3.05) is 0 Å². The quantitative estimate of drug-likeness (QED) is 0.678. The average Bonchev–Trinajstić information content (AvgIpc) is 2.84. The predicted octanol–water partition coefficient (Wildman–Crippen LogP) is 5.53. The van der Waals surface area contributed by atoms with Crippen LogP contribution < -0.4 is 5.32 Å². The second kappa shape index (κ2) is 7.77. The van der Waals surface area contributed by atoms with Gasteiger partial charge in [-0.25, -0.2) is 0 Å². The highest BCUT2D eigenvalue weighted by Crippen LogP contribution is 2.39. The summed E-state index contributed by atoms with van der Waals surface area (Å²) in [6, 6.07) is 14.6. The van der Waals surface area contributed by atoms with E-state index in [1.807, 2.05) is 32.9 Å². The van der Waals surface area contributed by atoms with Gasteiger partial charge in [0.05, 0.1) is 17.2 Å². The molecule has 2 aromatic rings. The second-order valence-electron chi connectivity index (χ2n) is 10.1. The summed E-state index contributed by atoms with van der Waals surface area (Å²) in [6.07, 6.45) is 1.46. The molecule has 1 unspecified atom stereocenters. The van der Waals surface area contributed by atoms with Crippen molar-refractivity contribution >= 4 is 23.8 Å². The summed E-state index contributed by atoms with van der Waals surface area (Å²) in [5.41, 5.74) is -0.0209. The van der Waals surface area contributed by atoms with Gasteiger partial charge in [0, 0.05) is 5.41 Å². The topological polar surface area (TPSA) is 47.6 Å². The van der Waals surface area contributed by atoms with E-state index in [4.69, 9.17) is 9.31 Å². The van der Waals surface area contributed by atoms with Crippen LogP contribution in [0.25, 0.3) is 10.8 Å². The molecular formula is C24H34BNO3. The third-order valence-corrected chi connectivity index (χ3v) is 6.16. The van der Waals surface area contributed by atoms with Crippen LogP contribution in [-0.2, 0) is 14.1 Å². The van der Waals surface area contributed by atoms with E-state index in [1.165, 1.54) is 10.8 Å². The molecule has 1 N–H and O–H groups in total. The van der Waals surface area contributed by atoms with E-state index in [-0.39, 0.29) is 30.3 Å². The van der Waals surface area contributed by atoms with Crippen molar-refractivity contribution in [2.45, 2.75) is 78.5 Å². The Kier molecular flexibility index (Phi) is 5.85. The van der Waals surface area contributed by atoms with Gasteiger partial charge in [-0.3, -0.25) is 4.79 Å². The highest BCUT2D eigenvalue weighted by molar-refractivity contribution is 6.45. The van der Waals surface area contributed by atoms with Gasteiger partial charge in [0.1, 0.15) is 0 Å². The van der Waals surface area contributed by atoms with Gasteiger partial charge in [-0.15, -0.1) is 0 Å². The summed E-state index contributed by atoms with van der Waals surface area (Å²) < 4.78 is 12.3. The standard InChI is InChI=1S/C24H34BNO3/c1-22(2,3)21(27)26-20(14-15-25-28-23(4,5)24(6,7)29-25)19-13-12-17-10-8-9-11-18(17)16-19/h8-13,16,20H,14-15H2,1-7H3,(H,26,27). The van der Waals surface area contributed by atoms with E-state index in [2.05, 4.69) is 63.3 Å². The summed E-state index contributed by atoms with van der Waals surface area (Å²) in [5.74, 6) is 0.0459. The Hall–Kier alpha value is -1.85. The van der Waals surface area contributed by atoms with E-state index in [0.29, 0.717) is 0 Å². The van der Waals surface area contributed by atoms with Crippen LogP contribution >= 0.6 is 0 Å². The van der Waals surface area contributed by atoms with Crippen molar-refractivity contribution < 1.29 is 14.1 Å². The van der Waals surface area contributed by atoms with Crippen molar-refractivity contribution in [2.24, 2.45) is 5.41 Å². The van der Waals surface area contributed by atoms with Gasteiger partial charge in [-0.1, -0.05) is 57.2 Å². The molecule has 5 heteroatoms. The third kappa shape index (κ3) is 4.84. The fourth-order valence-corrected chi connectivity index (χ4v) is 3.51. The zero-order valence-electron chi connectivity index (χ0n) is 18.8. The maximum atomic E-state index is 12.7. The van der Waals surface area contributed by atoms with Gasteiger partial charge in [0.15, 0.2) is 0 Å². The smallest absolute Gasteiger partial charge is 0.403 e. The lowest BCUT2D eigenvalue weighted by molar-refractivity contribution is -0.129. The van der Waals surface area contributed by atoms with Crippen LogP contribution in [0.3, 0.4) is 0 Å². The van der Waals surface area contributed by atoms with Crippen LogP contribution in [0.4, 0.5) is 0 Å². The molecule has 1 heterocycles. The number of hydrogen-bond acceptors (Lipinski definition) is 3. The third-order valence-electron chi connectivity index (χ3n) is 6.16. The minimum absolute atomic E-state index is 0.0459. The summed E-state index contributed by atoms with van der Waals surface area (Å²) in [6.45, 7) is 14.1. The van der Waals surface area contributed by atoms with E-state index < -0.39 is 5.41 Å². The van der Waals surface area contributed by atoms with Crippen LogP contribution in [0.5, 0.6) is 0 Å². The predicted molar refractivity (Wildman–Crippen MR) is 120 cm³/mol. The molecule has 1 fully saturated rings. The maximum absolute atomic E-state index is 12.7. The van der Waals surface area contributed by atoms with Crippen LogP contribution in [0.1, 0.15) is 66.5 Å². The second-order valence-corrected chi connectivity index (χ2v) is 10.1. The van der Waals surface area contributed by atoms with Gasteiger partial charge in [0.25, 0.3) is 0 Å². The maximum Gasteiger partial charge on any atom is 0.457 e. The Labute approximate surface area is 175 Å². The fraction of sp³-hybridized carbons (Fsp3) is 0.542. The van der Waals surface area contributed by atoms with Gasteiger partial charge in [-0.05, 0) is 62.8 Å². The minimum Gasteiger partial charge on any atom is -0.403 e. The van der Waals surface area contributed by atoms with Crippen LogP contribution in [0, 0.1) is 5.41 Å². The fourth-order valence-electron chi connectivity index (χ4n) is 3.51. The molecule has 0 saturated carbocycles. The van der Waals surface area contributed by atoms with E-state index in [9.17, 15) is 4.79 Å². The first-order valence-corrected chi connectivity index (χ1v) is 10.5. The number of fused-ring (bicyclic) bond motifs is 1. The number of hydrogen-bond donors (Lipinski definition) is 1. The van der Waals surface area contributed by atoms with Crippen molar-refractivity contribution in [1.29, 1.82) is 0 Å². The molecule has 0 radical (unpaired) electrons. The number of rotatable bonds is 5. The summed E-state index contributed by atoms with van der Waals surface area (Å²) in [4.78, 5) is 12.7. The van der Waals surface area contributed by atoms with E-state index >= 15 is 0 Å². The Balaban J connectivity index is 1.80. The molecule has 156 valence electrons. The molecule has 1 amide bonds. The largest absolute Gasteiger partial charge is 0.457 e. The number of carbonyl (C=O) groups excluding carboxylic acids is 1. The Bertz CT molecular complexity index is 869. The lowest BCUT2D eigenvalue weighted by Gasteiger charge is -2.32. The molecule has 2 aromatic carbocycles. The first-order chi connectivity index (χ1) is 13.4. The molecule has 0 spiro atoms. The van der Waals surface area contributed by atoms with Crippen LogP contribution in [-0.4, -0.2) is 24.2 Å².